The SMILES string of the molecule is COC(=O)CC#Cc1ccccc1OCC(=O)O. The molecule has 0 aliphatic rings. The van der Waals surface area contributed by atoms with E-state index in [0.29, 0.717) is 11.3 Å². The lowest BCUT2D eigenvalue weighted by atomic mass is 10.2. The molecule has 0 atom stereocenters. The first kappa shape index (κ1) is 13.6. The average Bonchev–Trinajstić information content (AvgIpc) is 2.37. The van der Waals surface area contributed by atoms with Gasteiger partial charge in [0.1, 0.15) is 12.2 Å². The molecule has 5 nitrogen and oxygen atoms in total. The molecule has 18 heavy (non-hydrogen) atoms. The molecule has 0 fully saturated rings. The van der Waals surface area contributed by atoms with E-state index in [-0.39, 0.29) is 6.42 Å². The Hall–Kier alpha value is -2.48. The molecule has 0 amide bonds. The van der Waals surface area contributed by atoms with Gasteiger partial charge in [0, 0.05) is 0 Å². The molecule has 0 saturated carbocycles. The summed E-state index contributed by atoms with van der Waals surface area (Å²) in [5.74, 6) is 4.25. The first-order valence-corrected chi connectivity index (χ1v) is 5.13. The fourth-order valence-corrected chi connectivity index (χ4v) is 1.12. The second-order valence-electron chi connectivity index (χ2n) is 3.23. The number of para-hydroxylation sites is 1. The molecule has 1 rings (SSSR count). The van der Waals surface area contributed by atoms with Crippen molar-refractivity contribution in [3.8, 4) is 17.6 Å². The Bertz CT molecular complexity index is 496. The number of carbonyl (C=O) groups excluding carboxylic acids is 1. The average molecular weight is 248 g/mol. The molecule has 5 heteroatoms. The van der Waals surface area contributed by atoms with Gasteiger partial charge in [0.05, 0.1) is 12.7 Å². The third-order valence-electron chi connectivity index (χ3n) is 1.92. The molecule has 0 aromatic heterocycles. The molecule has 0 radical (unpaired) electrons. The Morgan fingerprint density at radius 3 is 2.72 bits per heavy atom. The first-order chi connectivity index (χ1) is 8.63. The highest BCUT2D eigenvalue weighted by molar-refractivity contribution is 5.72. The summed E-state index contributed by atoms with van der Waals surface area (Å²) in [6.07, 6.45) is -0.0240. The highest BCUT2D eigenvalue weighted by Gasteiger charge is 2.03. The van der Waals surface area contributed by atoms with Crippen molar-refractivity contribution in [1.82, 2.24) is 0 Å². The maximum absolute atomic E-state index is 10.9. The van der Waals surface area contributed by atoms with Crippen molar-refractivity contribution in [1.29, 1.82) is 0 Å². The van der Waals surface area contributed by atoms with E-state index in [9.17, 15) is 9.59 Å². The lowest BCUT2D eigenvalue weighted by Gasteiger charge is -2.04. The number of carboxylic acid groups (broad SMARTS) is 1. The molecule has 0 aliphatic heterocycles. The Morgan fingerprint density at radius 1 is 1.33 bits per heavy atom. The van der Waals surface area contributed by atoms with Crippen LogP contribution in [-0.2, 0) is 14.3 Å². The van der Waals surface area contributed by atoms with Crippen LogP contribution in [0, 0.1) is 11.8 Å². The monoisotopic (exact) mass is 248 g/mol. The van der Waals surface area contributed by atoms with Gasteiger partial charge >= 0.3 is 11.9 Å². The van der Waals surface area contributed by atoms with Crippen molar-refractivity contribution >= 4 is 11.9 Å². The van der Waals surface area contributed by atoms with Gasteiger partial charge < -0.3 is 14.6 Å². The molecule has 0 spiro atoms. The molecular weight excluding hydrogens is 236 g/mol. The van der Waals surface area contributed by atoms with Crippen LogP contribution in [0.2, 0.25) is 0 Å². The lowest BCUT2D eigenvalue weighted by Crippen LogP contribution is -2.10. The van der Waals surface area contributed by atoms with E-state index in [2.05, 4.69) is 16.6 Å². The van der Waals surface area contributed by atoms with Crippen LogP contribution in [0.25, 0.3) is 0 Å². The third kappa shape index (κ3) is 4.58. The third-order valence-corrected chi connectivity index (χ3v) is 1.92. The number of aliphatic carboxylic acids is 1. The van der Waals surface area contributed by atoms with Crippen LogP contribution < -0.4 is 4.74 Å². The summed E-state index contributed by atoms with van der Waals surface area (Å²) in [4.78, 5) is 21.3. The molecule has 1 aromatic rings. The van der Waals surface area contributed by atoms with Gasteiger partial charge in [-0.2, -0.15) is 0 Å². The summed E-state index contributed by atoms with van der Waals surface area (Å²) in [6, 6.07) is 6.75. The molecule has 1 aromatic carbocycles. The number of carboxylic acids is 1. The van der Waals surface area contributed by atoms with E-state index in [1.54, 1.807) is 24.3 Å². The Labute approximate surface area is 104 Å². The molecule has 0 heterocycles. The number of rotatable bonds is 4. The van der Waals surface area contributed by atoms with Crippen molar-refractivity contribution in [2.75, 3.05) is 13.7 Å². The van der Waals surface area contributed by atoms with Crippen molar-refractivity contribution in [2.45, 2.75) is 6.42 Å². The number of hydrogen-bond donors (Lipinski definition) is 1. The van der Waals surface area contributed by atoms with Crippen LogP contribution in [0.5, 0.6) is 5.75 Å². The van der Waals surface area contributed by atoms with Gasteiger partial charge in [-0.3, -0.25) is 4.79 Å². The van der Waals surface area contributed by atoms with E-state index in [4.69, 9.17) is 9.84 Å². The zero-order chi connectivity index (χ0) is 13.4. The molecule has 94 valence electrons. The summed E-state index contributed by atoms with van der Waals surface area (Å²) >= 11 is 0. The highest BCUT2D eigenvalue weighted by Crippen LogP contribution is 2.16. The molecule has 0 unspecified atom stereocenters. The van der Waals surface area contributed by atoms with E-state index < -0.39 is 18.5 Å². The van der Waals surface area contributed by atoms with Gasteiger partial charge in [-0.05, 0) is 12.1 Å². The predicted molar refractivity (Wildman–Crippen MR) is 63.1 cm³/mol. The van der Waals surface area contributed by atoms with Crippen molar-refractivity contribution < 1.29 is 24.2 Å². The van der Waals surface area contributed by atoms with Crippen LogP contribution >= 0.6 is 0 Å². The normalized spacial score (nSPS) is 8.94. The van der Waals surface area contributed by atoms with Crippen molar-refractivity contribution in [3.05, 3.63) is 29.8 Å². The summed E-state index contributed by atoms with van der Waals surface area (Å²) in [6.45, 7) is -0.435. The number of hydrogen-bond acceptors (Lipinski definition) is 4. The van der Waals surface area contributed by atoms with Crippen LogP contribution in [0.4, 0.5) is 0 Å². The summed E-state index contributed by atoms with van der Waals surface area (Å²) in [5.41, 5.74) is 0.530. The Morgan fingerprint density at radius 2 is 2.06 bits per heavy atom. The topological polar surface area (TPSA) is 72.8 Å². The molecular formula is C13H12O5. The minimum absolute atomic E-state index is 0.0240. The molecule has 0 bridgehead atoms. The number of esters is 1. The van der Waals surface area contributed by atoms with Crippen LogP contribution in [0.3, 0.4) is 0 Å². The smallest absolute Gasteiger partial charge is 0.341 e. The van der Waals surface area contributed by atoms with E-state index >= 15 is 0 Å². The molecule has 1 N–H and O–H groups in total. The molecule has 0 aliphatic carbocycles. The van der Waals surface area contributed by atoms with Crippen molar-refractivity contribution in [3.63, 3.8) is 0 Å². The van der Waals surface area contributed by atoms with Gasteiger partial charge in [0.2, 0.25) is 0 Å². The van der Waals surface area contributed by atoms with Crippen LogP contribution in [0.1, 0.15) is 12.0 Å². The lowest BCUT2D eigenvalue weighted by molar-refractivity contribution is -0.140. The first-order valence-electron chi connectivity index (χ1n) is 5.13. The highest BCUT2D eigenvalue weighted by atomic mass is 16.5. The maximum atomic E-state index is 10.9. The zero-order valence-corrected chi connectivity index (χ0v) is 9.80. The number of ether oxygens (including phenoxy) is 2. The van der Waals surface area contributed by atoms with E-state index in [0.717, 1.165) is 0 Å². The number of carbonyl (C=O) groups is 2. The summed E-state index contributed by atoms with van der Waals surface area (Å²) < 4.78 is 9.51. The molecule has 0 saturated heterocycles. The van der Waals surface area contributed by atoms with E-state index in [1.807, 2.05) is 0 Å². The maximum Gasteiger partial charge on any atom is 0.341 e. The van der Waals surface area contributed by atoms with Crippen molar-refractivity contribution in [2.24, 2.45) is 0 Å². The summed E-state index contributed by atoms with van der Waals surface area (Å²) in [5, 5.41) is 8.52. The fraction of sp³-hybridized carbons (Fsp3) is 0.231. The standard InChI is InChI=1S/C13H12O5/c1-17-13(16)8-4-6-10-5-2-3-7-11(10)18-9-12(14)15/h2-3,5,7H,8-9H2,1H3,(H,14,15). The van der Waals surface area contributed by atoms with Gasteiger partial charge in [-0.25, -0.2) is 4.79 Å². The zero-order valence-electron chi connectivity index (χ0n) is 9.80. The van der Waals surface area contributed by atoms with Gasteiger partial charge in [-0.1, -0.05) is 24.0 Å². The Kier molecular flexibility index (Phi) is 5.26. The van der Waals surface area contributed by atoms with Crippen LogP contribution in [0.15, 0.2) is 24.3 Å². The van der Waals surface area contributed by atoms with Crippen LogP contribution in [-0.4, -0.2) is 30.8 Å². The minimum Gasteiger partial charge on any atom is -0.481 e. The second-order valence-corrected chi connectivity index (χ2v) is 3.23. The Balaban J connectivity index is 2.75. The van der Waals surface area contributed by atoms with Gasteiger partial charge in [0.25, 0.3) is 0 Å². The predicted octanol–water partition coefficient (Wildman–Crippen LogP) is 1.06. The van der Waals surface area contributed by atoms with Gasteiger partial charge in [0.15, 0.2) is 6.61 Å². The minimum atomic E-state index is -1.06. The number of benzene rings is 1. The number of methoxy groups -OCH3 is 1. The summed E-state index contributed by atoms with van der Waals surface area (Å²) in [7, 11) is 1.29. The quantitative estimate of drug-likeness (QED) is 0.637. The largest absolute Gasteiger partial charge is 0.481 e. The van der Waals surface area contributed by atoms with E-state index in [1.165, 1.54) is 7.11 Å². The second kappa shape index (κ2) is 6.97. The van der Waals surface area contributed by atoms with Gasteiger partial charge in [-0.15, -0.1) is 0 Å². The fourth-order valence-electron chi connectivity index (χ4n) is 1.12.